The van der Waals surface area contributed by atoms with Gasteiger partial charge in [-0.05, 0) is 27.8 Å². The van der Waals surface area contributed by atoms with Crippen molar-refractivity contribution >= 4 is 5.97 Å². The molecule has 16 heavy (non-hydrogen) atoms. The van der Waals surface area contributed by atoms with E-state index >= 15 is 0 Å². The summed E-state index contributed by atoms with van der Waals surface area (Å²) in [6, 6.07) is 0. The molecule has 0 aliphatic carbocycles. The van der Waals surface area contributed by atoms with Gasteiger partial charge in [-0.15, -0.1) is 0 Å². The van der Waals surface area contributed by atoms with E-state index in [4.69, 9.17) is 4.74 Å². The fraction of sp³-hybridized carbons (Fsp3) is 0.636. The van der Waals surface area contributed by atoms with Crippen molar-refractivity contribution in [3.8, 4) is 0 Å². The fourth-order valence-corrected chi connectivity index (χ4v) is 1.43. The molecule has 0 atom stereocenters. The van der Waals surface area contributed by atoms with Gasteiger partial charge in [-0.3, -0.25) is 4.68 Å². The summed E-state index contributed by atoms with van der Waals surface area (Å²) < 4.78 is 6.60. The maximum atomic E-state index is 11.7. The molecule has 1 N–H and O–H groups in total. The summed E-state index contributed by atoms with van der Waals surface area (Å²) in [4.78, 5) is 11.7. The predicted octanol–water partition coefficient (Wildman–Crippen LogP) is 1.05. The van der Waals surface area contributed by atoms with Gasteiger partial charge in [0.05, 0.1) is 6.61 Å². The molecule has 1 aromatic heterocycles. The lowest BCUT2D eigenvalue weighted by molar-refractivity contribution is 0.0515. The maximum Gasteiger partial charge on any atom is 0.359 e. The minimum atomic E-state index is -0.374. The number of aromatic nitrogens is 2. The Labute approximate surface area is 95.8 Å². The van der Waals surface area contributed by atoms with Crippen LogP contribution in [0.25, 0.3) is 0 Å². The molecule has 0 unspecified atom stereocenters. The van der Waals surface area contributed by atoms with E-state index in [0.29, 0.717) is 12.3 Å². The summed E-state index contributed by atoms with van der Waals surface area (Å²) in [5.41, 5.74) is 0.913. The van der Waals surface area contributed by atoms with Gasteiger partial charge in [0.15, 0.2) is 5.69 Å². The van der Waals surface area contributed by atoms with Crippen LogP contribution < -0.4 is 5.32 Å². The topological polar surface area (TPSA) is 56.1 Å². The van der Waals surface area contributed by atoms with Crippen LogP contribution in [-0.2, 0) is 17.3 Å². The fourth-order valence-electron chi connectivity index (χ4n) is 1.43. The molecule has 5 nitrogen and oxygen atoms in total. The average Bonchev–Trinajstić information content (AvgIpc) is 2.61. The van der Waals surface area contributed by atoms with Gasteiger partial charge in [-0.1, -0.05) is 0 Å². The van der Waals surface area contributed by atoms with E-state index < -0.39 is 0 Å². The Bertz CT molecular complexity index is 383. The molecular formula is C11H19N3O2. The van der Waals surface area contributed by atoms with Gasteiger partial charge < -0.3 is 10.1 Å². The smallest absolute Gasteiger partial charge is 0.359 e. The number of hydrogen-bond acceptors (Lipinski definition) is 4. The standard InChI is InChI=1S/C11H19N3O2/c1-6-16-10(15)9-8(7-14(5)13-9)11(2,3)12-4/h7,12H,6H2,1-5H3. The number of carbonyl (C=O) groups is 1. The normalized spacial score (nSPS) is 11.6. The van der Waals surface area contributed by atoms with E-state index in [9.17, 15) is 4.79 Å². The molecule has 0 aromatic carbocycles. The summed E-state index contributed by atoms with van der Waals surface area (Å²) in [6.45, 7) is 6.12. The Morgan fingerprint density at radius 3 is 2.75 bits per heavy atom. The van der Waals surface area contributed by atoms with Crippen LogP contribution in [-0.4, -0.2) is 29.4 Å². The minimum Gasteiger partial charge on any atom is -0.461 e. The number of esters is 1. The van der Waals surface area contributed by atoms with Crippen molar-refractivity contribution in [2.75, 3.05) is 13.7 Å². The quantitative estimate of drug-likeness (QED) is 0.778. The van der Waals surface area contributed by atoms with Crippen LogP contribution in [0.1, 0.15) is 36.8 Å². The van der Waals surface area contributed by atoms with Crippen molar-refractivity contribution in [2.45, 2.75) is 26.3 Å². The molecule has 0 saturated heterocycles. The highest BCUT2D eigenvalue weighted by Gasteiger charge is 2.28. The number of nitrogens with one attached hydrogen (secondary N) is 1. The zero-order valence-electron chi connectivity index (χ0n) is 10.5. The van der Waals surface area contributed by atoms with E-state index in [1.54, 1.807) is 18.7 Å². The van der Waals surface area contributed by atoms with Crippen LogP contribution in [0.4, 0.5) is 0 Å². The van der Waals surface area contributed by atoms with Gasteiger partial charge in [-0.25, -0.2) is 4.79 Å². The number of hydrogen-bond donors (Lipinski definition) is 1. The second-order valence-corrected chi connectivity index (χ2v) is 4.16. The van der Waals surface area contributed by atoms with Gasteiger partial charge in [0.2, 0.25) is 0 Å². The molecule has 5 heteroatoms. The van der Waals surface area contributed by atoms with Crippen molar-refractivity contribution in [2.24, 2.45) is 7.05 Å². The van der Waals surface area contributed by atoms with Crippen LogP contribution in [0.5, 0.6) is 0 Å². The third-order valence-corrected chi connectivity index (χ3v) is 2.60. The van der Waals surface area contributed by atoms with E-state index in [2.05, 4.69) is 10.4 Å². The summed E-state index contributed by atoms with van der Waals surface area (Å²) in [6.07, 6.45) is 1.84. The highest BCUT2D eigenvalue weighted by Crippen LogP contribution is 2.23. The monoisotopic (exact) mass is 225 g/mol. The lowest BCUT2D eigenvalue weighted by atomic mass is 9.95. The highest BCUT2D eigenvalue weighted by molar-refractivity contribution is 5.89. The van der Waals surface area contributed by atoms with Crippen LogP contribution in [0, 0.1) is 0 Å². The summed E-state index contributed by atoms with van der Waals surface area (Å²) in [5, 5.41) is 7.29. The lowest BCUT2D eigenvalue weighted by Crippen LogP contribution is -2.34. The van der Waals surface area contributed by atoms with Crippen LogP contribution in [0.2, 0.25) is 0 Å². The second-order valence-electron chi connectivity index (χ2n) is 4.16. The molecule has 0 saturated carbocycles. The third-order valence-electron chi connectivity index (χ3n) is 2.60. The molecule has 90 valence electrons. The summed E-state index contributed by atoms with van der Waals surface area (Å²) in [7, 11) is 3.64. The van der Waals surface area contributed by atoms with Crippen LogP contribution >= 0.6 is 0 Å². The molecule has 1 heterocycles. The Morgan fingerprint density at radius 1 is 1.62 bits per heavy atom. The van der Waals surface area contributed by atoms with E-state index in [1.807, 2.05) is 27.1 Å². The Kier molecular flexibility index (Phi) is 3.70. The van der Waals surface area contributed by atoms with Gasteiger partial charge >= 0.3 is 5.97 Å². The number of nitrogens with zero attached hydrogens (tertiary/aromatic N) is 2. The van der Waals surface area contributed by atoms with E-state index in [0.717, 1.165) is 5.56 Å². The van der Waals surface area contributed by atoms with Crippen molar-refractivity contribution in [1.29, 1.82) is 0 Å². The zero-order valence-corrected chi connectivity index (χ0v) is 10.5. The number of aryl methyl sites for hydroxylation is 1. The van der Waals surface area contributed by atoms with Gasteiger partial charge in [0.1, 0.15) is 0 Å². The van der Waals surface area contributed by atoms with E-state index in [-0.39, 0.29) is 11.5 Å². The first-order valence-corrected chi connectivity index (χ1v) is 5.32. The molecule has 0 fully saturated rings. The SMILES string of the molecule is CCOC(=O)c1nn(C)cc1C(C)(C)NC. The first kappa shape index (κ1) is 12.7. The van der Waals surface area contributed by atoms with Crippen molar-refractivity contribution in [1.82, 2.24) is 15.1 Å². The first-order chi connectivity index (χ1) is 7.42. The molecule has 1 rings (SSSR count). The van der Waals surface area contributed by atoms with Gasteiger partial charge in [0, 0.05) is 24.3 Å². The highest BCUT2D eigenvalue weighted by atomic mass is 16.5. The molecular weight excluding hydrogens is 206 g/mol. The molecule has 0 aliphatic heterocycles. The molecule has 0 radical (unpaired) electrons. The summed E-state index contributed by atoms with van der Waals surface area (Å²) in [5.74, 6) is -0.374. The van der Waals surface area contributed by atoms with Crippen molar-refractivity contribution in [3.05, 3.63) is 17.5 Å². The molecule has 0 bridgehead atoms. The molecule has 0 spiro atoms. The number of rotatable bonds is 4. The van der Waals surface area contributed by atoms with E-state index in [1.165, 1.54) is 0 Å². The second kappa shape index (κ2) is 4.65. The molecule has 1 aromatic rings. The molecule has 0 amide bonds. The minimum absolute atomic E-state index is 0.309. The largest absolute Gasteiger partial charge is 0.461 e. The lowest BCUT2D eigenvalue weighted by Gasteiger charge is -2.23. The number of carbonyl (C=O) groups excluding carboxylic acids is 1. The first-order valence-electron chi connectivity index (χ1n) is 5.32. The van der Waals surface area contributed by atoms with Crippen molar-refractivity contribution in [3.63, 3.8) is 0 Å². The van der Waals surface area contributed by atoms with Crippen LogP contribution in [0.3, 0.4) is 0 Å². The average molecular weight is 225 g/mol. The third kappa shape index (κ3) is 2.41. The summed E-state index contributed by atoms with van der Waals surface area (Å²) >= 11 is 0. The zero-order chi connectivity index (χ0) is 12.3. The van der Waals surface area contributed by atoms with Gasteiger partial charge in [-0.2, -0.15) is 5.10 Å². The Morgan fingerprint density at radius 2 is 2.25 bits per heavy atom. The Hall–Kier alpha value is -1.36. The molecule has 0 aliphatic rings. The predicted molar refractivity (Wildman–Crippen MR) is 61.3 cm³/mol. The van der Waals surface area contributed by atoms with Crippen molar-refractivity contribution < 1.29 is 9.53 Å². The van der Waals surface area contributed by atoms with Gasteiger partial charge in [0.25, 0.3) is 0 Å². The Balaban J connectivity index is 3.14. The number of ether oxygens (including phenoxy) is 1. The maximum absolute atomic E-state index is 11.7. The van der Waals surface area contributed by atoms with Crippen LogP contribution in [0.15, 0.2) is 6.20 Å².